The second-order valence-corrected chi connectivity index (χ2v) is 6.96. The number of benzene rings is 1. The topological polar surface area (TPSA) is 30.5 Å². The molecule has 116 valence electrons. The number of rotatable bonds is 7. The predicted octanol–water partition coefficient (Wildman–Crippen LogP) is 3.72. The smallest absolute Gasteiger partial charge is 0.162 e. The molecule has 4 heteroatoms. The molecular weight excluding hydrogens is 282 g/mol. The van der Waals surface area contributed by atoms with Crippen LogP contribution in [0.25, 0.3) is 0 Å². The van der Waals surface area contributed by atoms with E-state index in [0.29, 0.717) is 6.04 Å². The van der Waals surface area contributed by atoms with Crippen molar-refractivity contribution in [3.63, 3.8) is 0 Å². The average Bonchev–Trinajstić information content (AvgIpc) is 3.33. The molecule has 0 bridgehead atoms. The highest BCUT2D eigenvalue weighted by atomic mass is 32.2. The zero-order valence-electron chi connectivity index (χ0n) is 12.8. The van der Waals surface area contributed by atoms with Gasteiger partial charge in [0.1, 0.15) is 0 Å². The average molecular weight is 307 g/mol. The molecule has 3 rings (SSSR count). The molecule has 1 saturated carbocycles. The van der Waals surface area contributed by atoms with Gasteiger partial charge in [-0.25, -0.2) is 0 Å². The van der Waals surface area contributed by atoms with Gasteiger partial charge in [-0.15, -0.1) is 11.8 Å². The molecule has 21 heavy (non-hydrogen) atoms. The van der Waals surface area contributed by atoms with E-state index in [0.717, 1.165) is 49.3 Å². The van der Waals surface area contributed by atoms with Crippen molar-refractivity contribution < 1.29 is 9.47 Å². The summed E-state index contributed by atoms with van der Waals surface area (Å²) >= 11 is 1.93. The maximum absolute atomic E-state index is 5.77. The Bertz CT molecular complexity index is 462. The molecule has 1 aliphatic carbocycles. The Hall–Kier alpha value is -0.870. The van der Waals surface area contributed by atoms with Gasteiger partial charge in [-0.3, -0.25) is 0 Å². The van der Waals surface area contributed by atoms with Crippen LogP contribution in [0.1, 0.15) is 32.6 Å². The first-order valence-corrected chi connectivity index (χ1v) is 9.11. The Labute approximate surface area is 131 Å². The molecule has 1 aliphatic heterocycles. The van der Waals surface area contributed by atoms with E-state index in [4.69, 9.17) is 9.47 Å². The third-order valence-corrected chi connectivity index (χ3v) is 5.11. The lowest BCUT2D eigenvalue weighted by Crippen LogP contribution is -2.33. The Morgan fingerprint density at radius 1 is 1.24 bits per heavy atom. The molecule has 0 aromatic heterocycles. The van der Waals surface area contributed by atoms with E-state index >= 15 is 0 Å². The highest BCUT2D eigenvalue weighted by Gasteiger charge is 2.30. The Balaban J connectivity index is 1.58. The molecule has 1 heterocycles. The second-order valence-electron chi connectivity index (χ2n) is 5.87. The summed E-state index contributed by atoms with van der Waals surface area (Å²) in [4.78, 5) is 1.28. The van der Waals surface area contributed by atoms with E-state index in [1.807, 2.05) is 11.8 Å². The maximum Gasteiger partial charge on any atom is 0.162 e. The molecule has 0 spiro atoms. The maximum atomic E-state index is 5.77. The van der Waals surface area contributed by atoms with Gasteiger partial charge in [0.15, 0.2) is 11.5 Å². The third-order valence-electron chi connectivity index (χ3n) is 4.00. The van der Waals surface area contributed by atoms with Crippen LogP contribution in [0, 0.1) is 5.92 Å². The van der Waals surface area contributed by atoms with Crippen LogP contribution < -0.4 is 14.8 Å². The van der Waals surface area contributed by atoms with Crippen LogP contribution >= 0.6 is 11.8 Å². The number of ether oxygens (including phenoxy) is 2. The minimum atomic E-state index is 0.658. The quantitative estimate of drug-likeness (QED) is 0.778. The highest BCUT2D eigenvalue weighted by molar-refractivity contribution is 7.99. The van der Waals surface area contributed by atoms with E-state index in [-0.39, 0.29) is 0 Å². The zero-order valence-corrected chi connectivity index (χ0v) is 13.6. The van der Waals surface area contributed by atoms with Crippen LogP contribution in [0.2, 0.25) is 0 Å². The van der Waals surface area contributed by atoms with Crippen molar-refractivity contribution in [2.75, 3.05) is 25.5 Å². The molecule has 0 amide bonds. The second kappa shape index (κ2) is 7.41. The molecule has 1 N–H and O–H groups in total. The summed E-state index contributed by atoms with van der Waals surface area (Å²) in [5.41, 5.74) is 0. The first kappa shape index (κ1) is 15.0. The Morgan fingerprint density at radius 3 is 2.81 bits per heavy atom. The van der Waals surface area contributed by atoms with Crippen LogP contribution in [0.5, 0.6) is 11.5 Å². The highest BCUT2D eigenvalue weighted by Crippen LogP contribution is 2.37. The molecule has 2 aliphatic rings. The van der Waals surface area contributed by atoms with Gasteiger partial charge in [0.05, 0.1) is 13.2 Å². The van der Waals surface area contributed by atoms with Gasteiger partial charge >= 0.3 is 0 Å². The predicted molar refractivity (Wildman–Crippen MR) is 87.6 cm³/mol. The van der Waals surface area contributed by atoms with Crippen molar-refractivity contribution >= 4 is 11.8 Å². The summed E-state index contributed by atoms with van der Waals surface area (Å²) in [5.74, 6) is 3.83. The van der Waals surface area contributed by atoms with Gasteiger partial charge in [-0.2, -0.15) is 0 Å². The first-order chi connectivity index (χ1) is 10.4. The molecule has 0 saturated heterocycles. The monoisotopic (exact) mass is 307 g/mol. The lowest BCUT2D eigenvalue weighted by atomic mass is 10.2. The van der Waals surface area contributed by atoms with Crippen molar-refractivity contribution in [1.82, 2.24) is 5.32 Å². The van der Waals surface area contributed by atoms with Crippen LogP contribution in [-0.2, 0) is 0 Å². The van der Waals surface area contributed by atoms with E-state index < -0.39 is 0 Å². The van der Waals surface area contributed by atoms with E-state index in [9.17, 15) is 0 Å². The van der Waals surface area contributed by atoms with Gasteiger partial charge in [0.2, 0.25) is 0 Å². The molecule has 1 fully saturated rings. The molecule has 1 aromatic carbocycles. The lowest BCUT2D eigenvalue weighted by molar-refractivity contribution is 0.297. The van der Waals surface area contributed by atoms with Crippen LogP contribution in [0.3, 0.4) is 0 Å². The number of hydrogen-bond donors (Lipinski definition) is 1. The molecular formula is C17H25NO2S. The number of nitrogens with one attached hydrogen (secondary N) is 1. The summed E-state index contributed by atoms with van der Waals surface area (Å²) in [7, 11) is 0. The fourth-order valence-electron chi connectivity index (χ4n) is 2.61. The minimum absolute atomic E-state index is 0.658. The van der Waals surface area contributed by atoms with E-state index in [1.165, 1.54) is 24.2 Å². The SMILES string of the molecule is CCCNC(CSc1ccc2c(c1)OCCCO2)C1CC1. The normalized spacial score (nSPS) is 19.1. The van der Waals surface area contributed by atoms with Crippen LogP contribution in [0.4, 0.5) is 0 Å². The zero-order chi connectivity index (χ0) is 14.5. The van der Waals surface area contributed by atoms with Crippen LogP contribution in [0.15, 0.2) is 23.1 Å². The summed E-state index contributed by atoms with van der Waals surface area (Å²) in [6, 6.07) is 7.00. The molecule has 1 aromatic rings. The molecule has 1 atom stereocenters. The lowest BCUT2D eigenvalue weighted by Gasteiger charge is -2.18. The summed E-state index contributed by atoms with van der Waals surface area (Å²) in [6.45, 7) is 4.87. The van der Waals surface area contributed by atoms with Gasteiger partial charge < -0.3 is 14.8 Å². The number of fused-ring (bicyclic) bond motifs is 1. The van der Waals surface area contributed by atoms with E-state index in [1.54, 1.807) is 0 Å². The molecule has 1 unspecified atom stereocenters. The van der Waals surface area contributed by atoms with Gasteiger partial charge in [-0.1, -0.05) is 6.92 Å². The summed E-state index contributed by atoms with van der Waals surface area (Å²) < 4.78 is 11.5. The van der Waals surface area contributed by atoms with Gasteiger partial charge in [0, 0.05) is 23.1 Å². The Morgan fingerprint density at radius 2 is 2.05 bits per heavy atom. The van der Waals surface area contributed by atoms with Crippen LogP contribution in [-0.4, -0.2) is 31.6 Å². The van der Waals surface area contributed by atoms with Crippen molar-refractivity contribution in [3.05, 3.63) is 18.2 Å². The fraction of sp³-hybridized carbons (Fsp3) is 0.647. The van der Waals surface area contributed by atoms with Crippen molar-refractivity contribution in [3.8, 4) is 11.5 Å². The Kier molecular flexibility index (Phi) is 5.31. The van der Waals surface area contributed by atoms with Gasteiger partial charge in [0.25, 0.3) is 0 Å². The van der Waals surface area contributed by atoms with Crippen molar-refractivity contribution in [2.45, 2.75) is 43.5 Å². The molecule has 3 nitrogen and oxygen atoms in total. The molecule has 0 radical (unpaired) electrons. The van der Waals surface area contributed by atoms with E-state index in [2.05, 4.69) is 30.4 Å². The largest absolute Gasteiger partial charge is 0.490 e. The fourth-order valence-corrected chi connectivity index (χ4v) is 3.73. The number of hydrogen-bond acceptors (Lipinski definition) is 4. The van der Waals surface area contributed by atoms with Crippen molar-refractivity contribution in [1.29, 1.82) is 0 Å². The van der Waals surface area contributed by atoms with Gasteiger partial charge in [-0.05, 0) is 49.9 Å². The standard InChI is InChI=1S/C17H25NO2S/c1-2-8-18-15(13-4-5-13)12-21-14-6-7-16-17(11-14)20-10-3-9-19-16/h6-7,11,13,15,18H,2-5,8-10,12H2,1H3. The van der Waals surface area contributed by atoms with Crippen molar-refractivity contribution in [2.24, 2.45) is 5.92 Å². The number of thioether (sulfide) groups is 1. The summed E-state index contributed by atoms with van der Waals surface area (Å²) in [5, 5.41) is 3.70. The third kappa shape index (κ3) is 4.30. The minimum Gasteiger partial charge on any atom is -0.490 e. The first-order valence-electron chi connectivity index (χ1n) is 8.12. The summed E-state index contributed by atoms with van der Waals surface area (Å²) in [6.07, 6.45) is 4.95.